The molecule has 0 aliphatic carbocycles. The van der Waals surface area contributed by atoms with Crippen molar-refractivity contribution in [2.45, 2.75) is 33.3 Å². The van der Waals surface area contributed by atoms with Crippen LogP contribution in [0.3, 0.4) is 0 Å². The van der Waals surface area contributed by atoms with Gasteiger partial charge in [0.25, 0.3) is 0 Å². The lowest BCUT2D eigenvalue weighted by molar-refractivity contribution is 0.0585. The summed E-state index contributed by atoms with van der Waals surface area (Å²) in [5, 5.41) is 0. The smallest absolute Gasteiger partial charge is 0.188 e. The Bertz CT molecular complexity index is 329. The standard InChI is InChI=1S/C13H18O2/c1-4-11-6-5-7-12(8-11)13(14)9-15-10(2)3/h5-8,10H,4,9H2,1-3H3. The first kappa shape index (κ1) is 11.9. The normalized spacial score (nSPS) is 10.7. The number of ketones is 1. The quantitative estimate of drug-likeness (QED) is 0.692. The predicted molar refractivity (Wildman–Crippen MR) is 61.2 cm³/mol. The summed E-state index contributed by atoms with van der Waals surface area (Å²) < 4.78 is 5.28. The maximum Gasteiger partial charge on any atom is 0.188 e. The van der Waals surface area contributed by atoms with Crippen LogP contribution in [0.1, 0.15) is 36.7 Å². The Morgan fingerprint density at radius 2 is 2.13 bits per heavy atom. The zero-order valence-electron chi connectivity index (χ0n) is 9.62. The number of benzene rings is 1. The van der Waals surface area contributed by atoms with Crippen LogP contribution >= 0.6 is 0 Å². The molecule has 2 heteroatoms. The van der Waals surface area contributed by atoms with Crippen LogP contribution in [0.25, 0.3) is 0 Å². The molecule has 0 radical (unpaired) electrons. The van der Waals surface area contributed by atoms with E-state index in [1.807, 2.05) is 38.1 Å². The van der Waals surface area contributed by atoms with Crippen molar-refractivity contribution in [3.05, 3.63) is 35.4 Å². The summed E-state index contributed by atoms with van der Waals surface area (Å²) in [5.41, 5.74) is 1.93. The minimum absolute atomic E-state index is 0.0546. The van der Waals surface area contributed by atoms with Crippen LogP contribution in [0, 0.1) is 0 Å². The Kier molecular flexibility index (Phi) is 4.50. The monoisotopic (exact) mass is 206 g/mol. The molecule has 82 valence electrons. The molecule has 0 heterocycles. The molecular formula is C13H18O2. The topological polar surface area (TPSA) is 26.3 Å². The van der Waals surface area contributed by atoms with E-state index in [0.29, 0.717) is 0 Å². The SMILES string of the molecule is CCc1cccc(C(=O)COC(C)C)c1. The molecule has 0 aliphatic heterocycles. The Labute approximate surface area is 91.3 Å². The van der Waals surface area contributed by atoms with E-state index in [4.69, 9.17) is 4.74 Å². The van der Waals surface area contributed by atoms with Gasteiger partial charge in [-0.25, -0.2) is 0 Å². The molecule has 0 aromatic heterocycles. The summed E-state index contributed by atoms with van der Waals surface area (Å²) in [6, 6.07) is 7.72. The number of hydrogen-bond donors (Lipinski definition) is 0. The van der Waals surface area contributed by atoms with Crippen LogP contribution in [0.5, 0.6) is 0 Å². The van der Waals surface area contributed by atoms with Crippen molar-refractivity contribution in [1.29, 1.82) is 0 Å². The van der Waals surface area contributed by atoms with Gasteiger partial charge in [0.15, 0.2) is 5.78 Å². The van der Waals surface area contributed by atoms with Crippen LogP contribution < -0.4 is 0 Å². The number of carbonyl (C=O) groups is 1. The molecule has 1 rings (SSSR count). The summed E-state index contributed by atoms with van der Waals surface area (Å²) in [5.74, 6) is 0.0546. The number of carbonyl (C=O) groups excluding carboxylic acids is 1. The van der Waals surface area contributed by atoms with Crippen molar-refractivity contribution in [1.82, 2.24) is 0 Å². The van der Waals surface area contributed by atoms with E-state index >= 15 is 0 Å². The van der Waals surface area contributed by atoms with Gasteiger partial charge in [-0.1, -0.05) is 25.1 Å². The molecule has 2 nitrogen and oxygen atoms in total. The van der Waals surface area contributed by atoms with Gasteiger partial charge in [0, 0.05) is 5.56 Å². The molecule has 0 spiro atoms. The van der Waals surface area contributed by atoms with Crippen molar-refractivity contribution in [3.8, 4) is 0 Å². The first-order chi connectivity index (χ1) is 7.13. The van der Waals surface area contributed by atoms with Gasteiger partial charge in [-0.05, 0) is 31.9 Å². The van der Waals surface area contributed by atoms with Gasteiger partial charge in [-0.2, -0.15) is 0 Å². The molecule has 0 saturated heterocycles. The highest BCUT2D eigenvalue weighted by atomic mass is 16.5. The van der Waals surface area contributed by atoms with Crippen LogP contribution in [-0.4, -0.2) is 18.5 Å². The van der Waals surface area contributed by atoms with Gasteiger partial charge < -0.3 is 4.74 Å². The van der Waals surface area contributed by atoms with E-state index in [9.17, 15) is 4.79 Å². The van der Waals surface area contributed by atoms with Gasteiger partial charge in [0.1, 0.15) is 6.61 Å². The highest BCUT2D eigenvalue weighted by molar-refractivity contribution is 5.97. The molecule has 0 atom stereocenters. The van der Waals surface area contributed by atoms with Gasteiger partial charge in [0.05, 0.1) is 6.10 Å². The van der Waals surface area contributed by atoms with Crippen LogP contribution in [0.15, 0.2) is 24.3 Å². The van der Waals surface area contributed by atoms with E-state index in [0.717, 1.165) is 12.0 Å². The molecule has 0 amide bonds. The number of rotatable bonds is 5. The molecule has 0 N–H and O–H groups in total. The molecule has 0 saturated carbocycles. The van der Waals surface area contributed by atoms with E-state index in [-0.39, 0.29) is 18.5 Å². The average Bonchev–Trinajstić information content (AvgIpc) is 2.26. The molecular weight excluding hydrogens is 188 g/mol. The lowest BCUT2D eigenvalue weighted by Gasteiger charge is -2.07. The molecule has 1 aromatic rings. The lowest BCUT2D eigenvalue weighted by Crippen LogP contribution is -2.13. The Morgan fingerprint density at radius 3 is 2.73 bits per heavy atom. The number of aryl methyl sites for hydroxylation is 1. The molecule has 1 aromatic carbocycles. The van der Waals surface area contributed by atoms with Crippen molar-refractivity contribution < 1.29 is 9.53 Å². The summed E-state index contributed by atoms with van der Waals surface area (Å²) in [6.45, 7) is 6.10. The summed E-state index contributed by atoms with van der Waals surface area (Å²) in [4.78, 5) is 11.7. The van der Waals surface area contributed by atoms with Gasteiger partial charge in [0.2, 0.25) is 0 Å². The third-order valence-electron chi connectivity index (χ3n) is 2.20. The number of hydrogen-bond acceptors (Lipinski definition) is 2. The second-order valence-electron chi connectivity index (χ2n) is 3.84. The molecule has 0 aliphatic rings. The highest BCUT2D eigenvalue weighted by Gasteiger charge is 2.07. The predicted octanol–water partition coefficient (Wildman–Crippen LogP) is 2.86. The van der Waals surface area contributed by atoms with Gasteiger partial charge in [-0.15, -0.1) is 0 Å². The zero-order chi connectivity index (χ0) is 11.3. The Morgan fingerprint density at radius 1 is 1.40 bits per heavy atom. The van der Waals surface area contributed by atoms with Crippen LogP contribution in [-0.2, 0) is 11.2 Å². The third kappa shape index (κ3) is 3.84. The lowest BCUT2D eigenvalue weighted by atomic mass is 10.1. The Balaban J connectivity index is 2.65. The Hall–Kier alpha value is -1.15. The van der Waals surface area contributed by atoms with Crippen LogP contribution in [0.2, 0.25) is 0 Å². The van der Waals surface area contributed by atoms with Gasteiger partial charge in [-0.3, -0.25) is 4.79 Å². The van der Waals surface area contributed by atoms with E-state index in [1.165, 1.54) is 5.56 Å². The first-order valence-electron chi connectivity index (χ1n) is 5.37. The van der Waals surface area contributed by atoms with E-state index in [1.54, 1.807) is 0 Å². The average molecular weight is 206 g/mol. The fourth-order valence-electron chi connectivity index (χ4n) is 1.29. The largest absolute Gasteiger partial charge is 0.371 e. The maximum absolute atomic E-state index is 11.7. The molecule has 0 fully saturated rings. The second kappa shape index (κ2) is 5.66. The van der Waals surface area contributed by atoms with E-state index < -0.39 is 0 Å². The molecule has 0 bridgehead atoms. The number of ether oxygens (including phenoxy) is 1. The zero-order valence-corrected chi connectivity index (χ0v) is 9.62. The fraction of sp³-hybridized carbons (Fsp3) is 0.462. The summed E-state index contributed by atoms with van der Waals surface area (Å²) in [6.07, 6.45) is 1.05. The molecule has 0 unspecified atom stereocenters. The summed E-state index contributed by atoms with van der Waals surface area (Å²) in [7, 11) is 0. The van der Waals surface area contributed by atoms with Crippen molar-refractivity contribution in [2.24, 2.45) is 0 Å². The highest BCUT2D eigenvalue weighted by Crippen LogP contribution is 2.07. The first-order valence-corrected chi connectivity index (χ1v) is 5.37. The van der Waals surface area contributed by atoms with Crippen molar-refractivity contribution in [2.75, 3.05) is 6.61 Å². The van der Waals surface area contributed by atoms with Crippen LogP contribution in [0.4, 0.5) is 0 Å². The van der Waals surface area contributed by atoms with Gasteiger partial charge >= 0.3 is 0 Å². The molecule has 15 heavy (non-hydrogen) atoms. The summed E-state index contributed by atoms with van der Waals surface area (Å²) >= 11 is 0. The third-order valence-corrected chi connectivity index (χ3v) is 2.20. The minimum Gasteiger partial charge on any atom is -0.371 e. The minimum atomic E-state index is 0.0546. The second-order valence-corrected chi connectivity index (χ2v) is 3.84. The van der Waals surface area contributed by atoms with Crippen molar-refractivity contribution >= 4 is 5.78 Å². The number of Topliss-reactive ketones (excluding diaryl/α,β-unsaturated/α-hetero) is 1. The maximum atomic E-state index is 11.7. The van der Waals surface area contributed by atoms with Crippen molar-refractivity contribution in [3.63, 3.8) is 0 Å². The van der Waals surface area contributed by atoms with E-state index in [2.05, 4.69) is 6.92 Å². The fourth-order valence-corrected chi connectivity index (χ4v) is 1.29.